The van der Waals surface area contributed by atoms with Gasteiger partial charge in [-0.3, -0.25) is 4.90 Å². The normalized spacial score (nSPS) is 20.8. The van der Waals surface area contributed by atoms with Gasteiger partial charge in [-0.15, -0.1) is 11.3 Å². The van der Waals surface area contributed by atoms with Gasteiger partial charge in [0.1, 0.15) is 5.82 Å². The SMILES string of the molecule is Cc1ccsc1CN1CCNCC1c1nccn1C. The first-order valence-corrected chi connectivity index (χ1v) is 7.58. The molecule has 4 nitrogen and oxygen atoms in total. The lowest BCUT2D eigenvalue weighted by atomic mass is 10.1. The van der Waals surface area contributed by atoms with E-state index in [-0.39, 0.29) is 0 Å². The summed E-state index contributed by atoms with van der Waals surface area (Å²) in [6.07, 6.45) is 3.91. The van der Waals surface area contributed by atoms with E-state index in [1.165, 1.54) is 10.4 Å². The van der Waals surface area contributed by atoms with Crippen LogP contribution in [-0.4, -0.2) is 34.1 Å². The number of nitrogens with one attached hydrogen (secondary N) is 1. The zero-order valence-electron chi connectivity index (χ0n) is 11.5. The van der Waals surface area contributed by atoms with Crippen molar-refractivity contribution < 1.29 is 0 Å². The Kier molecular flexibility index (Phi) is 3.68. The third-order valence-corrected chi connectivity index (χ3v) is 4.83. The Morgan fingerprint density at radius 1 is 1.53 bits per heavy atom. The molecule has 0 amide bonds. The van der Waals surface area contributed by atoms with Gasteiger partial charge < -0.3 is 9.88 Å². The van der Waals surface area contributed by atoms with Crippen LogP contribution in [0.3, 0.4) is 0 Å². The summed E-state index contributed by atoms with van der Waals surface area (Å²) in [5.41, 5.74) is 1.40. The lowest BCUT2D eigenvalue weighted by molar-refractivity contribution is 0.146. The van der Waals surface area contributed by atoms with Crippen molar-refractivity contribution in [1.29, 1.82) is 0 Å². The topological polar surface area (TPSA) is 33.1 Å². The number of nitrogens with zero attached hydrogens (tertiary/aromatic N) is 3. The van der Waals surface area contributed by atoms with Gasteiger partial charge in [0, 0.05) is 50.5 Å². The zero-order valence-corrected chi connectivity index (χ0v) is 12.3. The molecule has 1 unspecified atom stereocenters. The second-order valence-corrected chi connectivity index (χ2v) is 6.11. The van der Waals surface area contributed by atoms with Crippen molar-refractivity contribution in [1.82, 2.24) is 19.8 Å². The van der Waals surface area contributed by atoms with Crippen LogP contribution in [0.4, 0.5) is 0 Å². The van der Waals surface area contributed by atoms with E-state index in [1.807, 2.05) is 23.7 Å². The monoisotopic (exact) mass is 276 g/mol. The number of aromatic nitrogens is 2. The second kappa shape index (κ2) is 5.45. The minimum atomic E-state index is 0.371. The fourth-order valence-corrected chi connectivity index (χ4v) is 3.57. The quantitative estimate of drug-likeness (QED) is 0.930. The molecule has 0 aliphatic carbocycles. The van der Waals surface area contributed by atoms with Gasteiger partial charge in [-0.25, -0.2) is 4.98 Å². The Bertz CT molecular complexity index is 545. The predicted octanol–water partition coefficient (Wildman–Crippen LogP) is 1.94. The molecule has 0 bridgehead atoms. The predicted molar refractivity (Wildman–Crippen MR) is 78.3 cm³/mol. The third kappa shape index (κ3) is 2.59. The zero-order chi connectivity index (χ0) is 13.2. The van der Waals surface area contributed by atoms with Crippen molar-refractivity contribution in [3.05, 3.63) is 40.1 Å². The number of hydrogen-bond donors (Lipinski definition) is 1. The number of rotatable bonds is 3. The van der Waals surface area contributed by atoms with Crippen molar-refractivity contribution in [2.45, 2.75) is 19.5 Å². The van der Waals surface area contributed by atoms with Crippen LogP contribution >= 0.6 is 11.3 Å². The summed E-state index contributed by atoms with van der Waals surface area (Å²) >= 11 is 1.86. The van der Waals surface area contributed by atoms with Crippen molar-refractivity contribution in [3.63, 3.8) is 0 Å². The van der Waals surface area contributed by atoms with E-state index in [2.05, 4.69) is 45.2 Å². The van der Waals surface area contributed by atoms with E-state index in [4.69, 9.17) is 0 Å². The van der Waals surface area contributed by atoms with Crippen LogP contribution < -0.4 is 5.32 Å². The largest absolute Gasteiger partial charge is 0.337 e. The molecule has 1 N–H and O–H groups in total. The van der Waals surface area contributed by atoms with Gasteiger partial charge in [0.25, 0.3) is 0 Å². The van der Waals surface area contributed by atoms with Crippen molar-refractivity contribution >= 4 is 11.3 Å². The summed E-state index contributed by atoms with van der Waals surface area (Å²) in [4.78, 5) is 8.54. The highest BCUT2D eigenvalue weighted by Crippen LogP contribution is 2.25. The van der Waals surface area contributed by atoms with Gasteiger partial charge in [0.15, 0.2) is 0 Å². The maximum absolute atomic E-state index is 4.53. The minimum absolute atomic E-state index is 0.371. The molecule has 2 aromatic rings. The van der Waals surface area contributed by atoms with Crippen LogP contribution in [0.1, 0.15) is 22.3 Å². The van der Waals surface area contributed by atoms with Crippen molar-refractivity contribution in [2.75, 3.05) is 19.6 Å². The third-order valence-electron chi connectivity index (χ3n) is 3.83. The minimum Gasteiger partial charge on any atom is -0.337 e. The molecule has 0 aromatic carbocycles. The van der Waals surface area contributed by atoms with E-state index in [9.17, 15) is 0 Å². The standard InChI is InChI=1S/C14H20N4S/c1-11-3-8-19-13(11)10-18-7-4-15-9-12(18)14-16-5-6-17(14)2/h3,5-6,8,12,15H,4,7,9-10H2,1-2H3. The molecule has 1 saturated heterocycles. The molecule has 3 heterocycles. The molecule has 1 fully saturated rings. The summed E-state index contributed by atoms with van der Waals surface area (Å²) in [5, 5.41) is 5.67. The molecule has 102 valence electrons. The fraction of sp³-hybridized carbons (Fsp3) is 0.500. The second-order valence-electron chi connectivity index (χ2n) is 5.11. The summed E-state index contributed by atoms with van der Waals surface area (Å²) in [5.74, 6) is 1.15. The lowest BCUT2D eigenvalue weighted by Crippen LogP contribution is -2.46. The highest BCUT2D eigenvalue weighted by molar-refractivity contribution is 7.10. The van der Waals surface area contributed by atoms with E-state index in [0.717, 1.165) is 32.0 Å². The van der Waals surface area contributed by atoms with Crippen LogP contribution in [0.5, 0.6) is 0 Å². The number of imidazole rings is 1. The van der Waals surface area contributed by atoms with E-state index in [0.29, 0.717) is 6.04 Å². The molecule has 3 rings (SSSR count). The number of aryl methyl sites for hydroxylation is 2. The molecule has 5 heteroatoms. The van der Waals surface area contributed by atoms with Crippen molar-refractivity contribution in [2.24, 2.45) is 7.05 Å². The Labute approximate surface area is 118 Å². The Balaban J connectivity index is 1.82. The Morgan fingerprint density at radius 2 is 2.42 bits per heavy atom. The summed E-state index contributed by atoms with van der Waals surface area (Å²) in [6, 6.07) is 2.58. The van der Waals surface area contributed by atoms with Crippen LogP contribution in [0.25, 0.3) is 0 Å². The summed E-state index contributed by atoms with van der Waals surface area (Å²) in [7, 11) is 2.07. The highest BCUT2D eigenvalue weighted by atomic mass is 32.1. The Morgan fingerprint density at radius 3 is 3.11 bits per heavy atom. The van der Waals surface area contributed by atoms with Gasteiger partial charge in [-0.2, -0.15) is 0 Å². The fourth-order valence-electron chi connectivity index (χ4n) is 2.64. The molecule has 1 atom stereocenters. The summed E-state index contributed by atoms with van der Waals surface area (Å²) in [6.45, 7) is 6.35. The first-order valence-electron chi connectivity index (χ1n) is 6.70. The summed E-state index contributed by atoms with van der Waals surface area (Å²) < 4.78 is 2.13. The van der Waals surface area contributed by atoms with Crippen molar-refractivity contribution in [3.8, 4) is 0 Å². The van der Waals surface area contributed by atoms with Crippen LogP contribution in [0.2, 0.25) is 0 Å². The van der Waals surface area contributed by atoms with Gasteiger partial charge in [-0.1, -0.05) is 0 Å². The van der Waals surface area contributed by atoms with E-state index < -0.39 is 0 Å². The van der Waals surface area contributed by atoms with Crippen LogP contribution in [0, 0.1) is 6.92 Å². The number of piperazine rings is 1. The maximum Gasteiger partial charge on any atom is 0.127 e. The molecule has 0 saturated carbocycles. The average molecular weight is 276 g/mol. The highest BCUT2D eigenvalue weighted by Gasteiger charge is 2.27. The molecular formula is C14H20N4S. The molecule has 0 spiro atoms. The maximum atomic E-state index is 4.53. The van der Waals surface area contributed by atoms with E-state index >= 15 is 0 Å². The van der Waals surface area contributed by atoms with Gasteiger partial charge in [-0.05, 0) is 23.9 Å². The molecule has 0 radical (unpaired) electrons. The molecular weight excluding hydrogens is 256 g/mol. The van der Waals surface area contributed by atoms with Gasteiger partial charge in [0.05, 0.1) is 6.04 Å². The van der Waals surface area contributed by atoms with Gasteiger partial charge in [0.2, 0.25) is 0 Å². The van der Waals surface area contributed by atoms with Crippen LogP contribution in [-0.2, 0) is 13.6 Å². The van der Waals surface area contributed by atoms with E-state index in [1.54, 1.807) is 0 Å². The smallest absolute Gasteiger partial charge is 0.127 e. The molecule has 1 aliphatic rings. The first-order chi connectivity index (χ1) is 9.25. The average Bonchev–Trinajstić information content (AvgIpc) is 3.00. The van der Waals surface area contributed by atoms with Crippen LogP contribution in [0.15, 0.2) is 23.8 Å². The number of hydrogen-bond acceptors (Lipinski definition) is 4. The Hall–Kier alpha value is -1.17. The molecule has 2 aromatic heterocycles. The lowest BCUT2D eigenvalue weighted by Gasteiger charge is -2.35. The van der Waals surface area contributed by atoms with Gasteiger partial charge >= 0.3 is 0 Å². The molecule has 19 heavy (non-hydrogen) atoms. The number of thiophene rings is 1. The molecule has 1 aliphatic heterocycles. The first kappa shape index (κ1) is 12.8.